The third-order valence-electron chi connectivity index (χ3n) is 3.06. The zero-order valence-corrected chi connectivity index (χ0v) is 14.5. The van der Waals surface area contributed by atoms with Crippen LogP contribution in [0.2, 0.25) is 10.0 Å². The SMILES string of the molecule is CCn1cnnc1SCC(=O)N[C@H](C)c1ccc(Cl)cc1Cl. The molecule has 2 rings (SSSR count). The van der Waals surface area contributed by atoms with E-state index in [0.29, 0.717) is 10.0 Å². The molecule has 1 atom stereocenters. The molecule has 2 aromatic rings. The van der Waals surface area contributed by atoms with Crippen LogP contribution < -0.4 is 5.32 Å². The van der Waals surface area contributed by atoms with Crippen molar-refractivity contribution in [2.45, 2.75) is 31.6 Å². The molecule has 0 radical (unpaired) electrons. The standard InChI is InChI=1S/C14H16Cl2N4OS/c1-3-20-8-17-19-14(20)22-7-13(21)18-9(2)11-5-4-10(15)6-12(11)16/h4-6,8-9H,3,7H2,1-2H3,(H,18,21)/t9-/m1/s1. The van der Waals surface area contributed by atoms with Crippen molar-refractivity contribution in [3.05, 3.63) is 40.1 Å². The van der Waals surface area contributed by atoms with E-state index in [2.05, 4.69) is 15.5 Å². The lowest BCUT2D eigenvalue weighted by Gasteiger charge is -2.15. The topological polar surface area (TPSA) is 59.8 Å². The fourth-order valence-electron chi connectivity index (χ4n) is 1.92. The van der Waals surface area contributed by atoms with E-state index in [1.807, 2.05) is 24.5 Å². The van der Waals surface area contributed by atoms with Gasteiger partial charge < -0.3 is 9.88 Å². The molecule has 0 spiro atoms. The van der Waals surface area contributed by atoms with Gasteiger partial charge in [-0.15, -0.1) is 10.2 Å². The van der Waals surface area contributed by atoms with Crippen molar-refractivity contribution in [1.29, 1.82) is 0 Å². The summed E-state index contributed by atoms with van der Waals surface area (Å²) in [4.78, 5) is 12.0. The highest BCUT2D eigenvalue weighted by Crippen LogP contribution is 2.26. The highest BCUT2D eigenvalue weighted by molar-refractivity contribution is 7.99. The van der Waals surface area contributed by atoms with Crippen LogP contribution in [-0.2, 0) is 11.3 Å². The second kappa shape index (κ2) is 7.85. The van der Waals surface area contributed by atoms with Gasteiger partial charge in [-0.3, -0.25) is 4.79 Å². The molecule has 0 aliphatic rings. The fraction of sp³-hybridized carbons (Fsp3) is 0.357. The Kier molecular flexibility index (Phi) is 6.11. The van der Waals surface area contributed by atoms with Gasteiger partial charge in [0.05, 0.1) is 11.8 Å². The Bertz CT molecular complexity index is 662. The third kappa shape index (κ3) is 4.38. The first kappa shape index (κ1) is 17.1. The van der Waals surface area contributed by atoms with Crippen LogP contribution in [0.1, 0.15) is 25.5 Å². The Morgan fingerprint density at radius 1 is 1.45 bits per heavy atom. The Labute approximate surface area is 143 Å². The Morgan fingerprint density at radius 2 is 2.23 bits per heavy atom. The number of benzene rings is 1. The molecule has 1 N–H and O–H groups in total. The zero-order valence-electron chi connectivity index (χ0n) is 12.2. The van der Waals surface area contributed by atoms with E-state index in [0.717, 1.165) is 17.3 Å². The summed E-state index contributed by atoms with van der Waals surface area (Å²) in [6.45, 7) is 4.65. The van der Waals surface area contributed by atoms with Crippen molar-refractivity contribution in [3.63, 3.8) is 0 Å². The van der Waals surface area contributed by atoms with Crippen LogP contribution in [0.15, 0.2) is 29.7 Å². The normalized spacial score (nSPS) is 12.2. The van der Waals surface area contributed by atoms with E-state index in [1.54, 1.807) is 18.5 Å². The molecule has 1 aromatic carbocycles. The second-order valence-electron chi connectivity index (χ2n) is 4.64. The van der Waals surface area contributed by atoms with E-state index in [4.69, 9.17) is 23.2 Å². The minimum atomic E-state index is -0.193. The smallest absolute Gasteiger partial charge is 0.230 e. The minimum Gasteiger partial charge on any atom is -0.349 e. The average Bonchev–Trinajstić information content (AvgIpc) is 2.92. The molecule has 0 saturated heterocycles. The molecule has 1 aromatic heterocycles. The number of nitrogens with one attached hydrogen (secondary N) is 1. The van der Waals surface area contributed by atoms with Crippen molar-refractivity contribution < 1.29 is 4.79 Å². The molecule has 5 nitrogen and oxygen atoms in total. The van der Waals surface area contributed by atoms with Gasteiger partial charge in [0.2, 0.25) is 5.91 Å². The molecule has 22 heavy (non-hydrogen) atoms. The largest absolute Gasteiger partial charge is 0.349 e. The summed E-state index contributed by atoms with van der Waals surface area (Å²) in [7, 11) is 0. The van der Waals surface area contributed by atoms with Crippen LogP contribution in [-0.4, -0.2) is 26.4 Å². The molecule has 0 fully saturated rings. The third-order valence-corrected chi connectivity index (χ3v) is 4.60. The number of carbonyl (C=O) groups excluding carboxylic acids is 1. The number of carbonyl (C=O) groups is 1. The molecule has 118 valence electrons. The molecule has 1 amide bonds. The Morgan fingerprint density at radius 3 is 2.91 bits per heavy atom. The van der Waals surface area contributed by atoms with Crippen molar-refractivity contribution in [2.24, 2.45) is 0 Å². The maximum absolute atomic E-state index is 12.0. The van der Waals surface area contributed by atoms with Gasteiger partial charge in [0.15, 0.2) is 5.16 Å². The fourth-order valence-corrected chi connectivity index (χ4v) is 3.28. The van der Waals surface area contributed by atoms with E-state index in [9.17, 15) is 4.79 Å². The van der Waals surface area contributed by atoms with Crippen LogP contribution in [0.25, 0.3) is 0 Å². The summed E-state index contributed by atoms with van der Waals surface area (Å²) in [6.07, 6.45) is 1.65. The number of aromatic nitrogens is 3. The van der Waals surface area contributed by atoms with Crippen molar-refractivity contribution in [2.75, 3.05) is 5.75 Å². The lowest BCUT2D eigenvalue weighted by molar-refractivity contribution is -0.119. The van der Waals surface area contributed by atoms with E-state index in [1.165, 1.54) is 11.8 Å². The van der Waals surface area contributed by atoms with Crippen molar-refractivity contribution in [3.8, 4) is 0 Å². The summed E-state index contributed by atoms with van der Waals surface area (Å²) in [6, 6.07) is 5.04. The second-order valence-corrected chi connectivity index (χ2v) is 6.43. The maximum atomic E-state index is 12.0. The van der Waals surface area contributed by atoms with Crippen LogP contribution in [0.4, 0.5) is 0 Å². The predicted octanol–water partition coefficient (Wildman–Crippen LogP) is 3.57. The highest BCUT2D eigenvalue weighted by Gasteiger charge is 2.14. The van der Waals surface area contributed by atoms with Crippen LogP contribution in [0.3, 0.4) is 0 Å². The number of rotatable bonds is 6. The summed E-state index contributed by atoms with van der Waals surface area (Å²) < 4.78 is 1.89. The zero-order chi connectivity index (χ0) is 16.1. The summed E-state index contributed by atoms with van der Waals surface area (Å²) in [5.41, 5.74) is 0.834. The Balaban J connectivity index is 1.91. The first-order chi connectivity index (χ1) is 10.5. The molecule has 1 heterocycles. The lowest BCUT2D eigenvalue weighted by atomic mass is 10.1. The summed E-state index contributed by atoms with van der Waals surface area (Å²) in [5.74, 6) is 0.183. The molecule has 0 aliphatic carbocycles. The molecule has 0 aliphatic heterocycles. The molecular formula is C14H16Cl2N4OS. The van der Waals surface area contributed by atoms with Gasteiger partial charge in [0.1, 0.15) is 6.33 Å². The van der Waals surface area contributed by atoms with Gasteiger partial charge in [-0.1, -0.05) is 41.0 Å². The molecule has 0 unspecified atom stereocenters. The maximum Gasteiger partial charge on any atom is 0.230 e. The van der Waals surface area contributed by atoms with Gasteiger partial charge in [-0.05, 0) is 31.5 Å². The van der Waals surface area contributed by atoms with Crippen molar-refractivity contribution >= 4 is 40.9 Å². The number of aryl methyl sites for hydroxylation is 1. The lowest BCUT2D eigenvalue weighted by Crippen LogP contribution is -2.28. The van der Waals surface area contributed by atoms with Gasteiger partial charge >= 0.3 is 0 Å². The number of hydrogen-bond acceptors (Lipinski definition) is 4. The quantitative estimate of drug-likeness (QED) is 0.801. The first-order valence-corrected chi connectivity index (χ1v) is 8.50. The number of amides is 1. The molecule has 8 heteroatoms. The van der Waals surface area contributed by atoms with Crippen LogP contribution in [0, 0.1) is 0 Å². The van der Waals surface area contributed by atoms with Gasteiger partial charge in [-0.25, -0.2) is 0 Å². The molecular weight excluding hydrogens is 343 g/mol. The Hall–Kier alpha value is -1.24. The van der Waals surface area contributed by atoms with E-state index < -0.39 is 0 Å². The minimum absolute atomic E-state index is 0.0887. The van der Waals surface area contributed by atoms with E-state index >= 15 is 0 Å². The van der Waals surface area contributed by atoms with Crippen LogP contribution >= 0.6 is 35.0 Å². The van der Waals surface area contributed by atoms with E-state index in [-0.39, 0.29) is 17.7 Å². The highest BCUT2D eigenvalue weighted by atomic mass is 35.5. The first-order valence-electron chi connectivity index (χ1n) is 6.76. The number of hydrogen-bond donors (Lipinski definition) is 1. The van der Waals surface area contributed by atoms with Gasteiger partial charge in [-0.2, -0.15) is 0 Å². The number of thioether (sulfide) groups is 1. The number of halogens is 2. The summed E-state index contributed by atoms with van der Waals surface area (Å²) in [5, 5.41) is 12.6. The van der Waals surface area contributed by atoms with Crippen LogP contribution in [0.5, 0.6) is 0 Å². The van der Waals surface area contributed by atoms with Crippen molar-refractivity contribution in [1.82, 2.24) is 20.1 Å². The summed E-state index contributed by atoms with van der Waals surface area (Å²) >= 11 is 13.4. The molecule has 0 bridgehead atoms. The monoisotopic (exact) mass is 358 g/mol. The molecule has 0 saturated carbocycles. The van der Waals surface area contributed by atoms with Gasteiger partial charge in [0, 0.05) is 16.6 Å². The van der Waals surface area contributed by atoms with Gasteiger partial charge in [0.25, 0.3) is 0 Å². The predicted molar refractivity (Wildman–Crippen MR) is 89.4 cm³/mol. The average molecular weight is 359 g/mol. The number of nitrogens with zero attached hydrogens (tertiary/aromatic N) is 3.